The molecule has 1 heterocycles. The van der Waals surface area contributed by atoms with Crippen LogP contribution in [0.25, 0.3) is 0 Å². The third kappa shape index (κ3) is 3.37. The number of piperazine rings is 1. The highest BCUT2D eigenvalue weighted by atomic mass is 32.2. The maximum absolute atomic E-state index is 12.1. The Bertz CT molecular complexity index is 305. The lowest BCUT2D eigenvalue weighted by Crippen LogP contribution is -2.59. The van der Waals surface area contributed by atoms with Crippen LogP contribution in [0.3, 0.4) is 0 Å². The number of nitrogens with one attached hydrogen (secondary N) is 1. The zero-order valence-electron chi connectivity index (χ0n) is 10.3. The van der Waals surface area contributed by atoms with Gasteiger partial charge in [-0.2, -0.15) is 11.8 Å². The number of amides is 2. The fourth-order valence-electron chi connectivity index (χ4n) is 2.17. The molecule has 1 saturated heterocycles. The molecule has 96 valence electrons. The number of carbonyl (C=O) groups is 2. The van der Waals surface area contributed by atoms with Crippen LogP contribution in [0.4, 0.5) is 0 Å². The number of hydrogen-bond donors (Lipinski definition) is 1. The number of carbonyl (C=O) groups excluding carboxylic acids is 2. The number of nitrogens with zero attached hydrogens (tertiary/aromatic N) is 1. The smallest absolute Gasteiger partial charge is 0.245 e. The van der Waals surface area contributed by atoms with Crippen LogP contribution < -0.4 is 5.32 Å². The molecule has 0 radical (unpaired) electrons. The molecule has 1 atom stereocenters. The second kappa shape index (κ2) is 5.76. The van der Waals surface area contributed by atoms with Gasteiger partial charge in [-0.05, 0) is 36.7 Å². The first-order valence-corrected chi connectivity index (χ1v) is 7.53. The van der Waals surface area contributed by atoms with Crippen LogP contribution in [0.15, 0.2) is 0 Å². The third-order valence-corrected chi connectivity index (χ3v) is 4.23. The maximum atomic E-state index is 12.1. The van der Waals surface area contributed by atoms with E-state index in [0.717, 1.165) is 37.3 Å². The molecule has 0 aromatic heterocycles. The van der Waals surface area contributed by atoms with Gasteiger partial charge in [0.05, 0.1) is 6.54 Å². The molecule has 1 aliphatic heterocycles. The Morgan fingerprint density at radius 1 is 1.41 bits per heavy atom. The predicted octanol–water partition coefficient (Wildman–Crippen LogP) is 0.867. The van der Waals surface area contributed by atoms with E-state index in [1.54, 1.807) is 4.90 Å². The molecule has 1 N–H and O–H groups in total. The van der Waals surface area contributed by atoms with E-state index < -0.39 is 0 Å². The molecule has 1 saturated carbocycles. The number of thioether (sulfide) groups is 1. The Morgan fingerprint density at radius 2 is 2.18 bits per heavy atom. The molecule has 2 fully saturated rings. The van der Waals surface area contributed by atoms with Gasteiger partial charge in [-0.3, -0.25) is 9.59 Å². The standard InChI is InChI=1S/C12H20N2O2S/c1-2-17-7-3-6-14-8-10(15)13-11(12(14)16)9-4-5-9/h9,11H,2-8H2,1H3,(H,13,15). The summed E-state index contributed by atoms with van der Waals surface area (Å²) < 4.78 is 0. The zero-order valence-corrected chi connectivity index (χ0v) is 11.1. The first-order chi connectivity index (χ1) is 8.22. The van der Waals surface area contributed by atoms with Crippen LogP contribution >= 0.6 is 11.8 Å². The van der Waals surface area contributed by atoms with Crippen molar-refractivity contribution in [3.8, 4) is 0 Å². The molecule has 2 aliphatic rings. The van der Waals surface area contributed by atoms with Crippen molar-refractivity contribution in [2.45, 2.75) is 32.2 Å². The van der Waals surface area contributed by atoms with Gasteiger partial charge in [-0.25, -0.2) is 0 Å². The van der Waals surface area contributed by atoms with E-state index in [9.17, 15) is 9.59 Å². The third-order valence-electron chi connectivity index (χ3n) is 3.24. The lowest BCUT2D eigenvalue weighted by molar-refractivity contribution is -0.144. The van der Waals surface area contributed by atoms with Crippen molar-refractivity contribution in [1.29, 1.82) is 0 Å². The summed E-state index contributed by atoms with van der Waals surface area (Å²) in [7, 11) is 0. The molecule has 2 rings (SSSR count). The summed E-state index contributed by atoms with van der Waals surface area (Å²) in [5.74, 6) is 2.72. The fraction of sp³-hybridized carbons (Fsp3) is 0.833. The number of rotatable bonds is 6. The summed E-state index contributed by atoms with van der Waals surface area (Å²) in [5, 5.41) is 2.82. The molecule has 2 amide bonds. The van der Waals surface area contributed by atoms with Gasteiger partial charge in [-0.15, -0.1) is 0 Å². The van der Waals surface area contributed by atoms with E-state index in [1.807, 2.05) is 11.8 Å². The highest BCUT2D eigenvalue weighted by Gasteiger charge is 2.42. The number of hydrogen-bond acceptors (Lipinski definition) is 3. The average molecular weight is 256 g/mol. The normalized spacial score (nSPS) is 25.0. The van der Waals surface area contributed by atoms with Gasteiger partial charge in [0.2, 0.25) is 11.8 Å². The van der Waals surface area contributed by atoms with Gasteiger partial charge < -0.3 is 10.2 Å². The summed E-state index contributed by atoms with van der Waals surface area (Å²) >= 11 is 1.88. The first kappa shape index (κ1) is 12.7. The molecule has 1 unspecified atom stereocenters. The van der Waals surface area contributed by atoms with Gasteiger partial charge in [0, 0.05) is 6.54 Å². The van der Waals surface area contributed by atoms with Gasteiger partial charge in [0.15, 0.2) is 0 Å². The second-order valence-corrected chi connectivity index (χ2v) is 6.09. The van der Waals surface area contributed by atoms with Crippen LogP contribution in [-0.4, -0.2) is 47.4 Å². The summed E-state index contributed by atoms with van der Waals surface area (Å²) in [5.41, 5.74) is 0. The van der Waals surface area contributed by atoms with Crippen LogP contribution in [0.2, 0.25) is 0 Å². The summed E-state index contributed by atoms with van der Waals surface area (Å²) in [4.78, 5) is 25.4. The van der Waals surface area contributed by atoms with Crippen LogP contribution in [0.1, 0.15) is 26.2 Å². The molecular weight excluding hydrogens is 236 g/mol. The Balaban J connectivity index is 1.82. The van der Waals surface area contributed by atoms with Gasteiger partial charge >= 0.3 is 0 Å². The van der Waals surface area contributed by atoms with Crippen molar-refractivity contribution in [2.24, 2.45) is 5.92 Å². The second-order valence-electron chi connectivity index (χ2n) is 4.69. The molecular formula is C12H20N2O2S. The van der Waals surface area contributed by atoms with Crippen LogP contribution in [0.5, 0.6) is 0 Å². The van der Waals surface area contributed by atoms with Crippen LogP contribution in [0, 0.1) is 5.92 Å². The quantitative estimate of drug-likeness (QED) is 0.717. The highest BCUT2D eigenvalue weighted by Crippen LogP contribution is 2.34. The zero-order chi connectivity index (χ0) is 12.3. The predicted molar refractivity (Wildman–Crippen MR) is 68.9 cm³/mol. The van der Waals surface area contributed by atoms with E-state index in [-0.39, 0.29) is 24.4 Å². The minimum absolute atomic E-state index is 0.00430. The van der Waals surface area contributed by atoms with E-state index in [4.69, 9.17) is 0 Å². The van der Waals surface area contributed by atoms with Crippen molar-refractivity contribution in [1.82, 2.24) is 10.2 Å². The molecule has 17 heavy (non-hydrogen) atoms. The average Bonchev–Trinajstić information content (AvgIpc) is 3.12. The Hall–Kier alpha value is -0.710. The first-order valence-electron chi connectivity index (χ1n) is 6.38. The molecule has 0 aromatic rings. The lowest BCUT2D eigenvalue weighted by atomic mass is 10.1. The van der Waals surface area contributed by atoms with Crippen molar-refractivity contribution < 1.29 is 9.59 Å². The topological polar surface area (TPSA) is 49.4 Å². The van der Waals surface area contributed by atoms with E-state index in [1.165, 1.54) is 0 Å². The summed E-state index contributed by atoms with van der Waals surface area (Å²) in [6.07, 6.45) is 3.14. The van der Waals surface area contributed by atoms with Crippen molar-refractivity contribution in [3.05, 3.63) is 0 Å². The van der Waals surface area contributed by atoms with Gasteiger partial charge in [0.25, 0.3) is 0 Å². The summed E-state index contributed by atoms with van der Waals surface area (Å²) in [6, 6.07) is -0.227. The van der Waals surface area contributed by atoms with E-state index in [0.29, 0.717) is 5.92 Å². The molecule has 4 nitrogen and oxygen atoms in total. The van der Waals surface area contributed by atoms with Crippen LogP contribution in [-0.2, 0) is 9.59 Å². The molecule has 0 spiro atoms. The van der Waals surface area contributed by atoms with E-state index in [2.05, 4.69) is 12.2 Å². The minimum Gasteiger partial charge on any atom is -0.342 e. The largest absolute Gasteiger partial charge is 0.342 e. The summed E-state index contributed by atoms with van der Waals surface area (Å²) in [6.45, 7) is 3.11. The van der Waals surface area contributed by atoms with Crippen molar-refractivity contribution in [3.63, 3.8) is 0 Å². The minimum atomic E-state index is -0.227. The van der Waals surface area contributed by atoms with Gasteiger partial charge in [0.1, 0.15) is 6.04 Å². The Labute approximate surface area is 106 Å². The fourth-order valence-corrected chi connectivity index (χ4v) is 2.79. The SMILES string of the molecule is CCSCCCN1CC(=O)NC(C2CC2)C1=O. The van der Waals surface area contributed by atoms with E-state index >= 15 is 0 Å². The van der Waals surface area contributed by atoms with Crippen molar-refractivity contribution >= 4 is 23.6 Å². The van der Waals surface area contributed by atoms with Gasteiger partial charge in [-0.1, -0.05) is 6.92 Å². The molecule has 1 aliphatic carbocycles. The molecule has 0 bridgehead atoms. The monoisotopic (exact) mass is 256 g/mol. The molecule has 0 aromatic carbocycles. The molecule has 5 heteroatoms. The maximum Gasteiger partial charge on any atom is 0.245 e. The lowest BCUT2D eigenvalue weighted by Gasteiger charge is -2.32. The van der Waals surface area contributed by atoms with Crippen molar-refractivity contribution in [2.75, 3.05) is 24.6 Å². The Kier molecular flexibility index (Phi) is 4.31. The highest BCUT2D eigenvalue weighted by molar-refractivity contribution is 7.99. The Morgan fingerprint density at radius 3 is 2.82 bits per heavy atom.